The van der Waals surface area contributed by atoms with Gasteiger partial charge in [-0.3, -0.25) is 0 Å². The Bertz CT molecular complexity index is 692. The van der Waals surface area contributed by atoms with Crippen LogP contribution in [-0.2, 0) is 4.74 Å². The van der Waals surface area contributed by atoms with Gasteiger partial charge in [0.15, 0.2) is 0 Å². The summed E-state index contributed by atoms with van der Waals surface area (Å²) in [6.45, 7) is 0. The minimum Gasteiger partial charge on any atom is -0.465 e. The molecule has 0 saturated carbocycles. The van der Waals surface area contributed by atoms with Crippen molar-refractivity contribution >= 4 is 11.7 Å². The molecule has 6 nitrogen and oxygen atoms in total. The van der Waals surface area contributed by atoms with E-state index in [4.69, 9.17) is 15.7 Å². The average Bonchev–Trinajstić information content (AvgIpc) is 2.48. The van der Waals surface area contributed by atoms with Gasteiger partial charge in [-0.1, -0.05) is 6.07 Å². The molecule has 1 heterocycles. The van der Waals surface area contributed by atoms with Crippen molar-refractivity contribution in [3.05, 3.63) is 47.7 Å². The van der Waals surface area contributed by atoms with Gasteiger partial charge in [-0.15, -0.1) is 0 Å². The maximum atomic E-state index is 11.6. The molecule has 0 aliphatic rings. The van der Waals surface area contributed by atoms with Crippen molar-refractivity contribution in [3.63, 3.8) is 0 Å². The number of nitrogens with two attached hydrogens (primary N) is 1. The second-order valence-corrected chi connectivity index (χ2v) is 3.85. The Morgan fingerprint density at radius 1 is 1.40 bits per heavy atom. The molecular weight excluding hydrogens is 258 g/mol. The van der Waals surface area contributed by atoms with Gasteiger partial charge in [0.2, 0.25) is 5.88 Å². The molecule has 0 radical (unpaired) electrons. The van der Waals surface area contributed by atoms with Crippen LogP contribution in [0.15, 0.2) is 36.5 Å². The van der Waals surface area contributed by atoms with Crippen LogP contribution in [0.4, 0.5) is 5.69 Å². The summed E-state index contributed by atoms with van der Waals surface area (Å²) < 4.78 is 10.2. The lowest BCUT2D eigenvalue weighted by molar-refractivity contribution is 0.0597. The van der Waals surface area contributed by atoms with E-state index in [0.717, 1.165) is 0 Å². The van der Waals surface area contributed by atoms with Crippen LogP contribution in [0.5, 0.6) is 11.6 Å². The van der Waals surface area contributed by atoms with Crippen molar-refractivity contribution in [3.8, 4) is 17.7 Å². The Morgan fingerprint density at radius 3 is 2.90 bits per heavy atom. The summed E-state index contributed by atoms with van der Waals surface area (Å²) in [5.74, 6) is -0.135. The smallest absolute Gasteiger partial charge is 0.343 e. The highest BCUT2D eigenvalue weighted by Gasteiger charge is 2.16. The van der Waals surface area contributed by atoms with Gasteiger partial charge in [0, 0.05) is 0 Å². The summed E-state index contributed by atoms with van der Waals surface area (Å²) in [7, 11) is 1.26. The van der Waals surface area contributed by atoms with Crippen LogP contribution in [0, 0.1) is 11.3 Å². The molecule has 0 atom stereocenters. The van der Waals surface area contributed by atoms with Crippen LogP contribution in [-0.4, -0.2) is 18.1 Å². The predicted molar refractivity (Wildman–Crippen MR) is 71.2 cm³/mol. The summed E-state index contributed by atoms with van der Waals surface area (Å²) >= 11 is 0. The lowest BCUT2D eigenvalue weighted by Crippen LogP contribution is -2.06. The zero-order valence-corrected chi connectivity index (χ0v) is 10.7. The average molecular weight is 269 g/mol. The van der Waals surface area contributed by atoms with E-state index in [1.807, 2.05) is 6.07 Å². The number of anilines is 1. The number of carbonyl (C=O) groups excluding carboxylic acids is 1. The van der Waals surface area contributed by atoms with Gasteiger partial charge >= 0.3 is 5.97 Å². The summed E-state index contributed by atoms with van der Waals surface area (Å²) in [4.78, 5) is 15.6. The van der Waals surface area contributed by atoms with Crippen molar-refractivity contribution < 1.29 is 14.3 Å². The van der Waals surface area contributed by atoms with Crippen LogP contribution in [0.25, 0.3) is 0 Å². The molecule has 1 aromatic carbocycles. The number of rotatable bonds is 3. The van der Waals surface area contributed by atoms with E-state index in [1.165, 1.54) is 19.4 Å². The fraction of sp³-hybridized carbons (Fsp3) is 0.0714. The van der Waals surface area contributed by atoms with Crippen LogP contribution < -0.4 is 10.5 Å². The number of nitrogens with zero attached hydrogens (tertiary/aromatic N) is 2. The molecule has 2 rings (SSSR count). The molecule has 2 N–H and O–H groups in total. The maximum absolute atomic E-state index is 11.6. The maximum Gasteiger partial charge on any atom is 0.343 e. The van der Waals surface area contributed by atoms with Gasteiger partial charge in [-0.25, -0.2) is 9.78 Å². The van der Waals surface area contributed by atoms with Gasteiger partial charge in [-0.05, 0) is 24.3 Å². The number of esters is 1. The molecule has 0 aliphatic carbocycles. The summed E-state index contributed by atoms with van der Waals surface area (Å²) in [5.41, 5.74) is 6.48. The van der Waals surface area contributed by atoms with Crippen LogP contribution in [0.3, 0.4) is 0 Å². The Morgan fingerprint density at radius 2 is 2.20 bits per heavy atom. The van der Waals surface area contributed by atoms with E-state index >= 15 is 0 Å². The Labute approximate surface area is 115 Å². The molecule has 0 amide bonds. The molecule has 20 heavy (non-hydrogen) atoms. The van der Waals surface area contributed by atoms with Crippen molar-refractivity contribution in [2.45, 2.75) is 0 Å². The molecule has 0 bridgehead atoms. The number of ether oxygens (including phenoxy) is 2. The number of carbonyl (C=O) groups is 1. The van der Waals surface area contributed by atoms with E-state index in [0.29, 0.717) is 17.0 Å². The summed E-state index contributed by atoms with van der Waals surface area (Å²) in [6, 6.07) is 9.92. The molecule has 0 aliphatic heterocycles. The monoisotopic (exact) mass is 269 g/mol. The normalized spacial score (nSPS) is 9.60. The van der Waals surface area contributed by atoms with E-state index in [2.05, 4.69) is 9.72 Å². The molecule has 0 unspecified atom stereocenters. The van der Waals surface area contributed by atoms with Crippen LogP contribution >= 0.6 is 0 Å². The molecule has 0 saturated heterocycles. The van der Waals surface area contributed by atoms with Gasteiger partial charge in [0.05, 0.1) is 30.6 Å². The first-order valence-electron chi connectivity index (χ1n) is 5.66. The molecule has 0 spiro atoms. The van der Waals surface area contributed by atoms with Crippen molar-refractivity contribution in [1.82, 2.24) is 4.98 Å². The minimum absolute atomic E-state index is 0.0705. The third-order valence-electron chi connectivity index (χ3n) is 2.46. The van der Waals surface area contributed by atoms with E-state index < -0.39 is 5.97 Å². The highest BCUT2D eigenvalue weighted by Crippen LogP contribution is 2.25. The van der Waals surface area contributed by atoms with Gasteiger partial charge in [0.1, 0.15) is 11.3 Å². The third-order valence-corrected chi connectivity index (χ3v) is 2.46. The van der Waals surface area contributed by atoms with Crippen molar-refractivity contribution in [2.24, 2.45) is 0 Å². The first-order valence-corrected chi connectivity index (χ1v) is 5.66. The SMILES string of the molecule is COC(=O)c1cc(N)cnc1Oc1cccc(C#N)c1. The Hall–Kier alpha value is -3.07. The highest BCUT2D eigenvalue weighted by atomic mass is 16.5. The Kier molecular flexibility index (Phi) is 3.82. The zero-order chi connectivity index (χ0) is 14.5. The molecule has 6 heteroatoms. The van der Waals surface area contributed by atoms with Crippen molar-refractivity contribution in [1.29, 1.82) is 5.26 Å². The largest absolute Gasteiger partial charge is 0.465 e. The number of aromatic nitrogens is 1. The first-order chi connectivity index (χ1) is 9.63. The van der Waals surface area contributed by atoms with E-state index in [-0.39, 0.29) is 11.4 Å². The molecule has 0 fully saturated rings. The van der Waals surface area contributed by atoms with E-state index in [1.54, 1.807) is 24.3 Å². The summed E-state index contributed by atoms with van der Waals surface area (Å²) in [5, 5.41) is 8.83. The number of nitriles is 1. The fourth-order valence-electron chi connectivity index (χ4n) is 1.55. The lowest BCUT2D eigenvalue weighted by Gasteiger charge is -2.09. The first kappa shape index (κ1) is 13.4. The second kappa shape index (κ2) is 5.71. The number of pyridine rings is 1. The third kappa shape index (κ3) is 2.84. The van der Waals surface area contributed by atoms with Gasteiger partial charge < -0.3 is 15.2 Å². The van der Waals surface area contributed by atoms with Gasteiger partial charge in [0.25, 0.3) is 0 Å². The number of methoxy groups -OCH3 is 1. The predicted octanol–water partition coefficient (Wildman–Crippen LogP) is 2.11. The van der Waals surface area contributed by atoms with Crippen LogP contribution in [0.1, 0.15) is 15.9 Å². The number of hydrogen-bond acceptors (Lipinski definition) is 6. The standard InChI is InChI=1S/C14H11N3O3/c1-19-14(18)12-6-10(16)8-17-13(12)20-11-4-2-3-9(5-11)7-15/h2-6,8H,16H2,1H3. The van der Waals surface area contributed by atoms with Crippen LogP contribution in [0.2, 0.25) is 0 Å². The van der Waals surface area contributed by atoms with Crippen molar-refractivity contribution in [2.75, 3.05) is 12.8 Å². The number of nitrogen functional groups attached to an aromatic ring is 1. The van der Waals surface area contributed by atoms with E-state index in [9.17, 15) is 4.79 Å². The zero-order valence-electron chi connectivity index (χ0n) is 10.7. The molecule has 2 aromatic rings. The second-order valence-electron chi connectivity index (χ2n) is 3.85. The number of hydrogen-bond donors (Lipinski definition) is 1. The molecule has 1 aromatic heterocycles. The lowest BCUT2D eigenvalue weighted by atomic mass is 10.2. The summed E-state index contributed by atoms with van der Waals surface area (Å²) in [6.07, 6.45) is 1.37. The minimum atomic E-state index is -0.601. The topological polar surface area (TPSA) is 98.2 Å². The quantitative estimate of drug-likeness (QED) is 0.857. The highest BCUT2D eigenvalue weighted by molar-refractivity contribution is 5.92. The molecular formula is C14H11N3O3. The fourth-order valence-corrected chi connectivity index (χ4v) is 1.55. The Balaban J connectivity index is 2.38. The number of benzene rings is 1. The van der Waals surface area contributed by atoms with Gasteiger partial charge in [-0.2, -0.15) is 5.26 Å². The molecule has 100 valence electrons.